The summed E-state index contributed by atoms with van der Waals surface area (Å²) < 4.78 is 11.1. The van der Waals surface area contributed by atoms with Crippen LogP contribution in [0.4, 0.5) is 4.79 Å². The first-order chi connectivity index (χ1) is 12.5. The van der Waals surface area contributed by atoms with Gasteiger partial charge in [-0.05, 0) is 38.3 Å². The number of benzene rings is 1. The molecule has 1 aromatic rings. The quantitative estimate of drug-likeness (QED) is 0.692. The van der Waals surface area contributed by atoms with Crippen molar-refractivity contribution in [1.29, 1.82) is 0 Å². The van der Waals surface area contributed by atoms with Gasteiger partial charge in [0, 0.05) is 31.8 Å². The molecule has 1 heterocycles. The standard InChI is InChI=1S/C19H28N2O5/c1-3-25-9-10-26-17-11-14(2)6-7-15(17)12-20-19(24)21-8-4-5-16(13-21)18(22)23/h6-7,11,16H,3-5,8-10,12-13H2,1-2H3,(H,20,24)(H,22,23). The van der Waals surface area contributed by atoms with Crippen LogP contribution >= 0.6 is 0 Å². The van der Waals surface area contributed by atoms with Crippen molar-refractivity contribution in [1.82, 2.24) is 10.2 Å². The predicted octanol–water partition coefficient (Wildman–Crippen LogP) is 2.42. The van der Waals surface area contributed by atoms with E-state index >= 15 is 0 Å². The second-order valence-electron chi connectivity index (χ2n) is 6.44. The molecule has 0 radical (unpaired) electrons. The minimum atomic E-state index is -0.842. The van der Waals surface area contributed by atoms with Crippen LogP contribution in [-0.4, -0.2) is 54.9 Å². The lowest BCUT2D eigenvalue weighted by Gasteiger charge is -2.30. The molecule has 1 atom stereocenters. The fraction of sp³-hybridized carbons (Fsp3) is 0.579. The highest BCUT2D eigenvalue weighted by Gasteiger charge is 2.28. The molecule has 1 aliphatic heterocycles. The van der Waals surface area contributed by atoms with Gasteiger partial charge in [-0.25, -0.2) is 4.79 Å². The summed E-state index contributed by atoms with van der Waals surface area (Å²) in [7, 11) is 0. The first-order valence-electron chi connectivity index (χ1n) is 9.07. The molecule has 7 nitrogen and oxygen atoms in total. The van der Waals surface area contributed by atoms with E-state index in [2.05, 4.69) is 5.32 Å². The number of piperidine rings is 1. The van der Waals surface area contributed by atoms with Crippen molar-refractivity contribution in [3.8, 4) is 5.75 Å². The Balaban J connectivity index is 1.91. The van der Waals surface area contributed by atoms with Gasteiger partial charge < -0.3 is 24.8 Å². The topological polar surface area (TPSA) is 88.1 Å². The maximum Gasteiger partial charge on any atom is 0.317 e. The SMILES string of the molecule is CCOCCOc1cc(C)ccc1CNC(=O)N1CCCC(C(=O)O)C1. The van der Waals surface area contributed by atoms with Crippen molar-refractivity contribution >= 4 is 12.0 Å². The smallest absolute Gasteiger partial charge is 0.317 e. The van der Waals surface area contributed by atoms with Crippen molar-refractivity contribution in [2.75, 3.05) is 32.9 Å². The number of hydrogen-bond donors (Lipinski definition) is 2. The fourth-order valence-electron chi connectivity index (χ4n) is 2.94. The van der Waals surface area contributed by atoms with Gasteiger partial charge in [0.25, 0.3) is 0 Å². The largest absolute Gasteiger partial charge is 0.491 e. The lowest BCUT2D eigenvalue weighted by atomic mass is 9.99. The number of amides is 2. The van der Waals surface area contributed by atoms with Crippen LogP contribution in [0.3, 0.4) is 0 Å². The molecule has 1 unspecified atom stereocenters. The number of likely N-dealkylation sites (tertiary alicyclic amines) is 1. The zero-order valence-corrected chi connectivity index (χ0v) is 15.5. The van der Waals surface area contributed by atoms with Gasteiger partial charge in [-0.3, -0.25) is 4.79 Å². The molecule has 1 fully saturated rings. The number of aliphatic carboxylic acids is 1. The van der Waals surface area contributed by atoms with E-state index in [1.807, 2.05) is 32.0 Å². The number of carbonyl (C=O) groups is 2. The Morgan fingerprint density at radius 1 is 1.35 bits per heavy atom. The third kappa shape index (κ3) is 5.91. The van der Waals surface area contributed by atoms with E-state index < -0.39 is 11.9 Å². The number of carboxylic acids is 1. The van der Waals surface area contributed by atoms with Crippen LogP contribution in [0.25, 0.3) is 0 Å². The summed E-state index contributed by atoms with van der Waals surface area (Å²) in [5, 5.41) is 12.0. The third-order valence-corrected chi connectivity index (χ3v) is 4.40. The number of ether oxygens (including phenoxy) is 2. The number of carbonyl (C=O) groups excluding carboxylic acids is 1. The molecule has 2 N–H and O–H groups in total. The Morgan fingerprint density at radius 2 is 2.15 bits per heavy atom. The second kappa shape index (κ2) is 10.0. The highest BCUT2D eigenvalue weighted by Crippen LogP contribution is 2.21. The van der Waals surface area contributed by atoms with Gasteiger partial charge in [-0.15, -0.1) is 0 Å². The Morgan fingerprint density at radius 3 is 2.88 bits per heavy atom. The molecular weight excluding hydrogens is 336 g/mol. The first kappa shape index (κ1) is 20.0. The van der Waals surface area contributed by atoms with Crippen LogP contribution in [0.15, 0.2) is 18.2 Å². The van der Waals surface area contributed by atoms with E-state index in [4.69, 9.17) is 14.6 Å². The molecule has 0 spiro atoms. The van der Waals surface area contributed by atoms with Crippen LogP contribution in [0.1, 0.15) is 30.9 Å². The van der Waals surface area contributed by atoms with Crippen LogP contribution < -0.4 is 10.1 Å². The number of aryl methyl sites for hydroxylation is 1. The van der Waals surface area contributed by atoms with E-state index in [-0.39, 0.29) is 12.6 Å². The number of carboxylic acid groups (broad SMARTS) is 1. The molecule has 0 aromatic heterocycles. The molecule has 0 bridgehead atoms. The lowest BCUT2D eigenvalue weighted by molar-refractivity contribution is -0.143. The van der Waals surface area contributed by atoms with E-state index in [0.29, 0.717) is 45.8 Å². The number of nitrogens with zero attached hydrogens (tertiary/aromatic N) is 1. The summed E-state index contributed by atoms with van der Waals surface area (Å²) in [5.74, 6) is -0.593. The zero-order chi connectivity index (χ0) is 18.9. The maximum absolute atomic E-state index is 12.4. The monoisotopic (exact) mass is 364 g/mol. The minimum Gasteiger partial charge on any atom is -0.491 e. The molecule has 1 saturated heterocycles. The van der Waals surface area contributed by atoms with E-state index in [1.54, 1.807) is 4.90 Å². The van der Waals surface area contributed by atoms with Crippen molar-refractivity contribution < 1.29 is 24.2 Å². The van der Waals surface area contributed by atoms with Gasteiger partial charge in [-0.2, -0.15) is 0 Å². The molecule has 7 heteroatoms. The second-order valence-corrected chi connectivity index (χ2v) is 6.44. The first-order valence-corrected chi connectivity index (χ1v) is 9.07. The zero-order valence-electron chi connectivity index (χ0n) is 15.5. The summed E-state index contributed by atoms with van der Waals surface area (Å²) in [4.78, 5) is 25.1. The molecule has 0 aliphatic carbocycles. The predicted molar refractivity (Wildman–Crippen MR) is 97.3 cm³/mol. The molecule has 1 aromatic carbocycles. The Kier molecular flexibility index (Phi) is 7.72. The number of hydrogen-bond acceptors (Lipinski definition) is 4. The molecule has 1 aliphatic rings. The van der Waals surface area contributed by atoms with Crippen molar-refractivity contribution in [2.24, 2.45) is 5.92 Å². The molecule has 144 valence electrons. The fourth-order valence-corrected chi connectivity index (χ4v) is 2.94. The normalized spacial score (nSPS) is 17.0. The highest BCUT2D eigenvalue weighted by molar-refractivity contribution is 5.76. The Labute approximate surface area is 154 Å². The molecule has 2 rings (SSSR count). The van der Waals surface area contributed by atoms with Crippen LogP contribution in [0.2, 0.25) is 0 Å². The molecule has 0 saturated carbocycles. The molecular formula is C19H28N2O5. The lowest BCUT2D eigenvalue weighted by Crippen LogP contribution is -2.46. The summed E-state index contributed by atoms with van der Waals surface area (Å²) in [6.07, 6.45) is 1.33. The Bertz CT molecular complexity index is 620. The minimum absolute atomic E-state index is 0.239. The summed E-state index contributed by atoms with van der Waals surface area (Å²) >= 11 is 0. The van der Waals surface area contributed by atoms with E-state index in [1.165, 1.54) is 0 Å². The highest BCUT2D eigenvalue weighted by atomic mass is 16.5. The van der Waals surface area contributed by atoms with Gasteiger partial charge in [-0.1, -0.05) is 12.1 Å². The van der Waals surface area contributed by atoms with Gasteiger partial charge >= 0.3 is 12.0 Å². The van der Waals surface area contributed by atoms with E-state index in [0.717, 1.165) is 16.9 Å². The Hall–Kier alpha value is -2.28. The third-order valence-electron chi connectivity index (χ3n) is 4.40. The van der Waals surface area contributed by atoms with Crippen LogP contribution in [0.5, 0.6) is 5.75 Å². The van der Waals surface area contributed by atoms with Crippen LogP contribution in [0, 0.1) is 12.8 Å². The summed E-state index contributed by atoms with van der Waals surface area (Å²) in [6.45, 7) is 6.70. The van der Waals surface area contributed by atoms with Gasteiger partial charge in [0.15, 0.2) is 0 Å². The summed E-state index contributed by atoms with van der Waals surface area (Å²) in [5.41, 5.74) is 1.96. The van der Waals surface area contributed by atoms with Gasteiger partial charge in [0.05, 0.1) is 12.5 Å². The number of rotatable bonds is 8. The van der Waals surface area contributed by atoms with E-state index in [9.17, 15) is 9.59 Å². The molecule has 26 heavy (non-hydrogen) atoms. The average Bonchev–Trinajstić information content (AvgIpc) is 2.64. The molecule has 2 amide bonds. The number of nitrogens with one attached hydrogen (secondary N) is 1. The summed E-state index contributed by atoms with van der Waals surface area (Å²) in [6, 6.07) is 5.60. The van der Waals surface area contributed by atoms with Crippen molar-refractivity contribution in [3.05, 3.63) is 29.3 Å². The van der Waals surface area contributed by atoms with Crippen molar-refractivity contribution in [3.63, 3.8) is 0 Å². The number of urea groups is 1. The average molecular weight is 364 g/mol. The van der Waals surface area contributed by atoms with Crippen molar-refractivity contribution in [2.45, 2.75) is 33.2 Å². The van der Waals surface area contributed by atoms with Crippen LogP contribution in [-0.2, 0) is 16.1 Å². The maximum atomic E-state index is 12.4. The van der Waals surface area contributed by atoms with Gasteiger partial charge in [0.2, 0.25) is 0 Å². The van der Waals surface area contributed by atoms with Gasteiger partial charge in [0.1, 0.15) is 12.4 Å².